The number of esters is 1. The van der Waals surface area contributed by atoms with Gasteiger partial charge in [-0.25, -0.2) is 4.79 Å². The van der Waals surface area contributed by atoms with Crippen LogP contribution in [0.1, 0.15) is 53.1 Å². The molecule has 7 nitrogen and oxygen atoms in total. The van der Waals surface area contributed by atoms with Crippen LogP contribution >= 0.6 is 25.3 Å². The second-order valence-electron chi connectivity index (χ2n) is 9.69. The minimum atomic E-state index is -0.917. The van der Waals surface area contributed by atoms with Gasteiger partial charge in [-0.15, -0.1) is 0 Å². The van der Waals surface area contributed by atoms with Crippen molar-refractivity contribution in [1.82, 2.24) is 9.97 Å². The van der Waals surface area contributed by atoms with Crippen molar-refractivity contribution in [1.29, 1.82) is 0 Å². The normalized spacial score (nSPS) is 12.1. The Morgan fingerprint density at radius 1 is 0.973 bits per heavy atom. The zero-order valence-electron chi connectivity index (χ0n) is 20.4. The van der Waals surface area contributed by atoms with E-state index in [2.05, 4.69) is 15.3 Å². The van der Waals surface area contributed by atoms with Crippen molar-refractivity contribution >= 4 is 64.7 Å². The molecule has 0 bridgehead atoms. The number of anilines is 1. The Balaban J connectivity index is 1.36. The number of benzene rings is 2. The van der Waals surface area contributed by atoms with Gasteiger partial charge in [0, 0.05) is 28.2 Å². The number of nitrogens with zero attached hydrogens (tertiary/aromatic N) is 1. The molecule has 0 unspecified atom stereocenters. The third-order valence-corrected chi connectivity index (χ3v) is 6.64. The topological polar surface area (TPSA) is 97.2 Å². The van der Waals surface area contributed by atoms with Crippen LogP contribution in [0.3, 0.4) is 0 Å². The van der Waals surface area contributed by atoms with Gasteiger partial charge in [0.15, 0.2) is 5.76 Å². The highest BCUT2D eigenvalue weighted by Gasteiger charge is 2.28. The van der Waals surface area contributed by atoms with Gasteiger partial charge in [-0.2, -0.15) is 25.3 Å². The van der Waals surface area contributed by atoms with Crippen LogP contribution in [-0.4, -0.2) is 27.4 Å². The Kier molecular flexibility index (Phi) is 6.29. The first kappa shape index (κ1) is 25.0. The molecule has 0 fully saturated rings. The van der Waals surface area contributed by atoms with Crippen molar-refractivity contribution in [3.05, 3.63) is 95.6 Å². The lowest BCUT2D eigenvalue weighted by atomic mass is 10.1. The van der Waals surface area contributed by atoms with Gasteiger partial charge in [0.2, 0.25) is 0 Å². The number of carbonyl (C=O) groups excluding carboxylic acids is 2. The summed E-state index contributed by atoms with van der Waals surface area (Å²) in [7, 11) is 0. The van der Waals surface area contributed by atoms with Crippen LogP contribution in [0.25, 0.3) is 21.9 Å². The van der Waals surface area contributed by atoms with Gasteiger partial charge in [-0.1, -0.05) is 12.1 Å². The van der Waals surface area contributed by atoms with Gasteiger partial charge in [-0.3, -0.25) is 9.78 Å². The number of hydrogen-bond acceptors (Lipinski definition) is 7. The minimum Gasteiger partial charge on any atom is -0.455 e. The summed E-state index contributed by atoms with van der Waals surface area (Å²) < 4.78 is 10.3. The van der Waals surface area contributed by atoms with Crippen molar-refractivity contribution in [3.63, 3.8) is 0 Å². The molecule has 0 saturated carbocycles. The van der Waals surface area contributed by atoms with E-state index in [1.54, 1.807) is 42.6 Å². The molecule has 9 heteroatoms. The summed E-state index contributed by atoms with van der Waals surface area (Å²) in [5.74, 6) is -0.671. The maximum absolute atomic E-state index is 13.0. The van der Waals surface area contributed by atoms with E-state index in [1.165, 1.54) is 0 Å². The Morgan fingerprint density at radius 2 is 1.78 bits per heavy atom. The van der Waals surface area contributed by atoms with E-state index < -0.39 is 21.6 Å². The van der Waals surface area contributed by atoms with Crippen LogP contribution in [0.4, 0.5) is 5.69 Å². The summed E-state index contributed by atoms with van der Waals surface area (Å²) in [4.78, 5) is 32.8. The monoisotopic (exact) mass is 531 g/mol. The lowest BCUT2D eigenvalue weighted by Crippen LogP contribution is -2.24. The van der Waals surface area contributed by atoms with Gasteiger partial charge < -0.3 is 19.5 Å². The third-order valence-electron chi connectivity index (χ3n) is 5.66. The maximum atomic E-state index is 13.0. The fraction of sp³-hybridized carbons (Fsp3) is 0.179. The molecule has 0 aliphatic rings. The smallest absolute Gasteiger partial charge is 0.355 e. The van der Waals surface area contributed by atoms with Crippen molar-refractivity contribution in [2.45, 2.75) is 30.5 Å². The predicted octanol–water partition coefficient (Wildman–Crippen LogP) is 6.58. The predicted molar refractivity (Wildman–Crippen MR) is 151 cm³/mol. The van der Waals surface area contributed by atoms with E-state index in [1.807, 2.05) is 51.1 Å². The van der Waals surface area contributed by atoms with Crippen LogP contribution in [0, 0.1) is 0 Å². The number of aromatic amines is 1. The van der Waals surface area contributed by atoms with Crippen LogP contribution in [0.5, 0.6) is 0 Å². The summed E-state index contributed by atoms with van der Waals surface area (Å²) in [5, 5.41) is 4.37. The fourth-order valence-electron chi connectivity index (χ4n) is 3.94. The van der Waals surface area contributed by atoms with Crippen LogP contribution in [-0.2, 0) is 8.82 Å². The van der Waals surface area contributed by atoms with Gasteiger partial charge in [-0.05, 0) is 80.9 Å². The van der Waals surface area contributed by atoms with Crippen LogP contribution < -0.4 is 5.32 Å². The number of furan rings is 1. The molecule has 0 radical (unpaired) electrons. The van der Waals surface area contributed by atoms with E-state index in [9.17, 15) is 9.59 Å². The Morgan fingerprint density at radius 3 is 2.51 bits per heavy atom. The third kappa shape index (κ3) is 5.23. The molecule has 0 atom stereocenters. The number of ether oxygens (including phenoxy) is 1. The first-order chi connectivity index (χ1) is 17.5. The van der Waals surface area contributed by atoms with E-state index in [4.69, 9.17) is 34.4 Å². The minimum absolute atomic E-state index is 0.164. The number of nitrogens with one attached hydrogen (secondary N) is 2. The Hall–Kier alpha value is -3.69. The molecule has 0 aliphatic heterocycles. The number of pyridine rings is 1. The van der Waals surface area contributed by atoms with E-state index in [-0.39, 0.29) is 5.76 Å². The summed E-state index contributed by atoms with van der Waals surface area (Å²) in [6.45, 7) is 5.44. The molecule has 5 aromatic rings. The largest absolute Gasteiger partial charge is 0.455 e. The van der Waals surface area contributed by atoms with Gasteiger partial charge in [0.25, 0.3) is 5.91 Å². The van der Waals surface area contributed by atoms with E-state index >= 15 is 0 Å². The Bertz CT molecular complexity index is 1630. The highest BCUT2D eigenvalue weighted by atomic mass is 32.2. The number of rotatable bonds is 5. The molecule has 5 rings (SSSR count). The van der Waals surface area contributed by atoms with Crippen molar-refractivity contribution in [3.8, 4) is 0 Å². The molecule has 0 aliphatic carbocycles. The molecule has 1 amide bonds. The van der Waals surface area contributed by atoms with Gasteiger partial charge in [0.1, 0.15) is 21.0 Å². The van der Waals surface area contributed by atoms with Gasteiger partial charge >= 0.3 is 5.97 Å². The first-order valence-electron chi connectivity index (χ1n) is 11.6. The number of aromatic nitrogens is 2. The number of fused-ring (bicyclic) bond motifs is 2. The standard InChI is InChI=1S/C28H25N3O4S2/c1-27(2,3)35-26(33)21-14-16-13-19(8-9-20(16)31-21)30-25(32)23-15-17-12-18(7-10-22(17)34-23)28(36,37)24-6-4-5-11-29-24/h4-15,31,36-37H,1-3H3,(H,30,32). The van der Waals surface area contributed by atoms with E-state index in [0.717, 1.165) is 21.9 Å². The number of hydrogen-bond donors (Lipinski definition) is 4. The lowest BCUT2D eigenvalue weighted by molar-refractivity contribution is 0.00637. The first-order valence-corrected chi connectivity index (χ1v) is 12.5. The number of thiol groups is 2. The Labute approximate surface area is 224 Å². The molecule has 0 spiro atoms. The quantitative estimate of drug-likeness (QED) is 0.117. The van der Waals surface area contributed by atoms with E-state index in [0.29, 0.717) is 22.7 Å². The van der Waals surface area contributed by atoms with Crippen molar-refractivity contribution < 1.29 is 18.7 Å². The lowest BCUT2D eigenvalue weighted by Gasteiger charge is -2.22. The molecule has 188 valence electrons. The molecule has 2 aromatic carbocycles. The summed E-state index contributed by atoms with van der Waals surface area (Å²) in [6.07, 6.45) is 1.69. The second-order valence-corrected chi connectivity index (χ2v) is 11.4. The van der Waals surface area contributed by atoms with Gasteiger partial charge in [0.05, 0.1) is 5.69 Å². The average Bonchev–Trinajstić information content (AvgIpc) is 3.47. The number of H-pyrrole nitrogens is 1. The zero-order chi connectivity index (χ0) is 26.4. The summed E-state index contributed by atoms with van der Waals surface area (Å²) in [6, 6.07) is 19.8. The van der Waals surface area contributed by atoms with Crippen LogP contribution in [0.2, 0.25) is 0 Å². The van der Waals surface area contributed by atoms with Crippen LogP contribution in [0.15, 0.2) is 77.3 Å². The molecule has 2 N–H and O–H groups in total. The average molecular weight is 532 g/mol. The fourth-order valence-corrected chi connectivity index (χ4v) is 4.48. The maximum Gasteiger partial charge on any atom is 0.355 e. The molecule has 0 saturated heterocycles. The molecular formula is C28H25N3O4S2. The molecule has 3 heterocycles. The number of amides is 1. The molecule has 37 heavy (non-hydrogen) atoms. The number of carbonyl (C=O) groups is 2. The zero-order valence-corrected chi connectivity index (χ0v) is 22.2. The molecular weight excluding hydrogens is 506 g/mol. The molecule has 3 aromatic heterocycles. The summed E-state index contributed by atoms with van der Waals surface area (Å²) in [5.41, 5.74) is 3.13. The highest BCUT2D eigenvalue weighted by Crippen LogP contribution is 2.40. The van der Waals surface area contributed by atoms with Crippen molar-refractivity contribution in [2.24, 2.45) is 0 Å². The van der Waals surface area contributed by atoms with Crippen molar-refractivity contribution in [2.75, 3.05) is 5.32 Å². The highest BCUT2D eigenvalue weighted by molar-refractivity contribution is 8.00. The summed E-state index contributed by atoms with van der Waals surface area (Å²) >= 11 is 9.46. The second kappa shape index (κ2) is 9.32. The SMILES string of the molecule is CC(C)(C)OC(=O)c1cc2cc(NC(=O)c3cc4cc(C(S)(S)c5ccccn5)ccc4o3)ccc2[nH]1.